The van der Waals surface area contributed by atoms with Gasteiger partial charge in [0.05, 0.1) is 17.8 Å². The van der Waals surface area contributed by atoms with Crippen LogP contribution in [0.1, 0.15) is 75.7 Å². The van der Waals surface area contributed by atoms with Gasteiger partial charge in [-0.15, -0.1) is 0 Å². The van der Waals surface area contributed by atoms with Gasteiger partial charge < -0.3 is 14.4 Å². The Labute approximate surface area is 217 Å². The van der Waals surface area contributed by atoms with Gasteiger partial charge in [-0.1, -0.05) is 46.2 Å². The SMILES string of the molecule is CC(C)c1nc(C(C)(C)C)cn1-c1ccc(O[C@@H]2c3cc(Cl)cc(F)c3C[C@@H]2N2CC[C@@H](O)C2)cc1. The van der Waals surface area contributed by atoms with Gasteiger partial charge in [0, 0.05) is 46.9 Å². The first-order valence-corrected chi connectivity index (χ1v) is 13.2. The first kappa shape index (κ1) is 25.2. The Bertz CT molecular complexity index is 1250. The number of rotatable bonds is 5. The van der Waals surface area contributed by atoms with Crippen molar-refractivity contribution in [2.24, 2.45) is 0 Å². The molecule has 1 fully saturated rings. The maximum absolute atomic E-state index is 14.8. The fourth-order valence-corrected chi connectivity index (χ4v) is 5.56. The smallest absolute Gasteiger partial charge is 0.140 e. The molecule has 1 aliphatic carbocycles. The van der Waals surface area contributed by atoms with Crippen molar-refractivity contribution in [1.29, 1.82) is 0 Å². The highest BCUT2D eigenvalue weighted by molar-refractivity contribution is 6.30. The number of fused-ring (bicyclic) bond motifs is 1. The van der Waals surface area contributed by atoms with Crippen LogP contribution in [0.15, 0.2) is 42.6 Å². The van der Waals surface area contributed by atoms with Crippen LogP contribution in [0.3, 0.4) is 0 Å². The predicted octanol–water partition coefficient (Wildman–Crippen LogP) is 6.20. The minimum absolute atomic E-state index is 0.0392. The first-order valence-electron chi connectivity index (χ1n) is 12.8. The van der Waals surface area contributed by atoms with Crippen LogP contribution in [-0.2, 0) is 11.8 Å². The van der Waals surface area contributed by atoms with E-state index in [1.165, 1.54) is 6.07 Å². The average molecular weight is 512 g/mol. The second-order valence-electron chi connectivity index (χ2n) is 11.5. The molecule has 1 N–H and O–H groups in total. The molecule has 1 saturated heterocycles. The largest absolute Gasteiger partial charge is 0.484 e. The number of benzene rings is 2. The van der Waals surface area contributed by atoms with Gasteiger partial charge in [0.1, 0.15) is 23.5 Å². The van der Waals surface area contributed by atoms with Crippen molar-refractivity contribution >= 4 is 11.6 Å². The van der Waals surface area contributed by atoms with Crippen LogP contribution in [0, 0.1) is 5.82 Å². The minimum atomic E-state index is -0.365. The fourth-order valence-electron chi connectivity index (χ4n) is 5.35. The van der Waals surface area contributed by atoms with E-state index in [1.807, 2.05) is 30.3 Å². The number of hydrogen-bond acceptors (Lipinski definition) is 4. The van der Waals surface area contributed by atoms with Gasteiger partial charge in [-0.3, -0.25) is 4.90 Å². The van der Waals surface area contributed by atoms with E-state index in [9.17, 15) is 9.50 Å². The van der Waals surface area contributed by atoms with E-state index >= 15 is 0 Å². The number of aliphatic hydroxyl groups is 1. The van der Waals surface area contributed by atoms with Crippen molar-refractivity contribution in [1.82, 2.24) is 14.5 Å². The summed E-state index contributed by atoms with van der Waals surface area (Å²) in [6.07, 6.45) is 2.66. The third kappa shape index (κ3) is 4.79. The lowest BCUT2D eigenvalue weighted by atomic mass is 9.93. The number of aliphatic hydroxyl groups excluding tert-OH is 1. The number of likely N-dealkylation sites (tertiary alicyclic amines) is 1. The summed E-state index contributed by atoms with van der Waals surface area (Å²) < 4.78 is 23.5. The highest BCUT2D eigenvalue weighted by atomic mass is 35.5. The summed E-state index contributed by atoms with van der Waals surface area (Å²) in [4.78, 5) is 7.14. The number of nitrogens with zero attached hydrogens (tertiary/aromatic N) is 3. The van der Waals surface area contributed by atoms with E-state index < -0.39 is 0 Å². The number of ether oxygens (including phenoxy) is 1. The highest BCUT2D eigenvalue weighted by Gasteiger charge is 2.42. The molecular formula is C29H35ClFN3O2. The molecule has 3 aromatic rings. The highest BCUT2D eigenvalue weighted by Crippen LogP contribution is 2.41. The normalized spacial score (nSPS) is 22.4. The number of hydrogen-bond donors (Lipinski definition) is 1. The Balaban J connectivity index is 1.45. The number of halogens is 2. The lowest BCUT2D eigenvalue weighted by Crippen LogP contribution is -2.39. The molecule has 3 atom stereocenters. The van der Waals surface area contributed by atoms with E-state index in [0.717, 1.165) is 35.7 Å². The summed E-state index contributed by atoms with van der Waals surface area (Å²) in [5, 5.41) is 10.5. The molecule has 0 spiro atoms. The summed E-state index contributed by atoms with van der Waals surface area (Å²) in [5.74, 6) is 1.72. The van der Waals surface area contributed by atoms with E-state index in [1.54, 1.807) is 0 Å². The van der Waals surface area contributed by atoms with E-state index in [-0.39, 0.29) is 35.4 Å². The molecule has 1 aromatic heterocycles. The lowest BCUT2D eigenvalue weighted by Gasteiger charge is -2.30. The summed E-state index contributed by atoms with van der Waals surface area (Å²) in [6, 6.07) is 11.1. The Morgan fingerprint density at radius 3 is 2.50 bits per heavy atom. The van der Waals surface area contributed by atoms with Gasteiger partial charge in [-0.05, 0) is 54.8 Å². The Kier molecular flexibility index (Phi) is 6.64. The quantitative estimate of drug-likeness (QED) is 0.443. The van der Waals surface area contributed by atoms with E-state index in [0.29, 0.717) is 29.3 Å². The van der Waals surface area contributed by atoms with Crippen molar-refractivity contribution in [3.05, 3.63) is 76.1 Å². The zero-order chi connectivity index (χ0) is 25.8. The zero-order valence-corrected chi connectivity index (χ0v) is 22.4. The molecule has 2 aromatic carbocycles. The maximum Gasteiger partial charge on any atom is 0.140 e. The summed E-state index contributed by atoms with van der Waals surface area (Å²) in [6.45, 7) is 12.2. The van der Waals surface area contributed by atoms with Gasteiger partial charge in [0.15, 0.2) is 0 Å². The van der Waals surface area contributed by atoms with Crippen molar-refractivity contribution in [2.75, 3.05) is 13.1 Å². The van der Waals surface area contributed by atoms with Gasteiger partial charge in [0.25, 0.3) is 0 Å². The van der Waals surface area contributed by atoms with Crippen LogP contribution >= 0.6 is 11.6 Å². The molecule has 2 aliphatic rings. The van der Waals surface area contributed by atoms with E-state index in [2.05, 4.69) is 50.3 Å². The average Bonchev–Trinajstić information content (AvgIpc) is 3.52. The molecule has 0 radical (unpaired) electrons. The van der Waals surface area contributed by atoms with Gasteiger partial charge >= 0.3 is 0 Å². The van der Waals surface area contributed by atoms with Crippen LogP contribution in [0.5, 0.6) is 5.75 Å². The molecule has 2 heterocycles. The first-order chi connectivity index (χ1) is 17.0. The summed E-state index contributed by atoms with van der Waals surface area (Å²) in [5.41, 5.74) is 3.49. The second kappa shape index (κ2) is 9.47. The summed E-state index contributed by atoms with van der Waals surface area (Å²) in [7, 11) is 0. The monoisotopic (exact) mass is 511 g/mol. The maximum atomic E-state index is 14.8. The number of aromatic nitrogens is 2. The van der Waals surface area contributed by atoms with Gasteiger partial charge in [0.2, 0.25) is 0 Å². The van der Waals surface area contributed by atoms with Crippen LogP contribution in [0.2, 0.25) is 5.02 Å². The molecule has 192 valence electrons. The molecule has 36 heavy (non-hydrogen) atoms. The molecule has 5 nitrogen and oxygen atoms in total. The molecule has 0 amide bonds. The van der Waals surface area contributed by atoms with Crippen molar-refractivity contribution < 1.29 is 14.2 Å². The zero-order valence-electron chi connectivity index (χ0n) is 21.6. The molecule has 1 aliphatic heterocycles. The molecular weight excluding hydrogens is 477 g/mol. The van der Waals surface area contributed by atoms with Crippen LogP contribution in [0.25, 0.3) is 5.69 Å². The van der Waals surface area contributed by atoms with Crippen LogP contribution in [-0.4, -0.2) is 44.8 Å². The molecule has 7 heteroatoms. The summed E-state index contributed by atoms with van der Waals surface area (Å²) >= 11 is 6.23. The Hall–Kier alpha value is -2.41. The Morgan fingerprint density at radius 2 is 1.89 bits per heavy atom. The molecule has 5 rings (SSSR count). The fraction of sp³-hybridized carbons (Fsp3) is 0.483. The van der Waals surface area contributed by atoms with Crippen LogP contribution in [0.4, 0.5) is 4.39 Å². The van der Waals surface area contributed by atoms with Crippen molar-refractivity contribution in [2.45, 2.75) is 77.0 Å². The van der Waals surface area contributed by atoms with Gasteiger partial charge in [-0.25, -0.2) is 9.37 Å². The lowest BCUT2D eigenvalue weighted by molar-refractivity contribution is 0.0818. The number of β-amino-alcohol motifs (C(OH)–C–C–N with tert-alkyl or cyclic N) is 1. The van der Waals surface area contributed by atoms with Crippen LogP contribution < -0.4 is 4.74 Å². The molecule has 0 bridgehead atoms. The Morgan fingerprint density at radius 1 is 1.17 bits per heavy atom. The standard InChI is InChI=1S/C29H35ClFN3O2/c1-17(2)28-32-26(29(3,4)5)16-34(28)19-6-8-21(9-7-19)36-27-23-12-18(30)13-24(31)22(23)14-25(27)33-11-10-20(35)15-33/h6-9,12-13,16-17,20,25,27,35H,10-11,14-15H2,1-5H3/t20-,25+,27-/m1/s1. The minimum Gasteiger partial charge on any atom is -0.484 e. The van der Waals surface area contributed by atoms with Crippen molar-refractivity contribution in [3.8, 4) is 11.4 Å². The number of imidazole rings is 1. The van der Waals surface area contributed by atoms with Crippen molar-refractivity contribution in [3.63, 3.8) is 0 Å². The molecule has 0 unspecified atom stereocenters. The third-order valence-electron chi connectivity index (χ3n) is 7.32. The van der Waals surface area contributed by atoms with E-state index in [4.69, 9.17) is 21.3 Å². The predicted molar refractivity (Wildman–Crippen MR) is 141 cm³/mol. The third-order valence-corrected chi connectivity index (χ3v) is 7.54. The van der Waals surface area contributed by atoms with Gasteiger partial charge in [-0.2, -0.15) is 0 Å². The second-order valence-corrected chi connectivity index (χ2v) is 11.9. The topological polar surface area (TPSA) is 50.5 Å². The molecule has 0 saturated carbocycles.